The van der Waals surface area contributed by atoms with Crippen LogP contribution in [0.5, 0.6) is 0 Å². The Morgan fingerprint density at radius 2 is 1.73 bits per heavy atom. The van der Waals surface area contributed by atoms with Crippen LogP contribution in [0.3, 0.4) is 0 Å². The highest BCUT2D eigenvalue weighted by molar-refractivity contribution is 5.81. The largest absolute Gasteiger partial charge is 0.392 e. The van der Waals surface area contributed by atoms with Crippen molar-refractivity contribution in [3.05, 3.63) is 0 Å². The van der Waals surface area contributed by atoms with Gasteiger partial charge in [0.2, 0.25) is 11.8 Å². The van der Waals surface area contributed by atoms with E-state index in [0.717, 1.165) is 45.1 Å². The lowest BCUT2D eigenvalue weighted by molar-refractivity contribution is -0.136. The Balaban J connectivity index is 1.47. The predicted molar refractivity (Wildman–Crippen MR) is 83.1 cm³/mol. The Kier molecular flexibility index (Phi) is 5.01. The summed E-state index contributed by atoms with van der Waals surface area (Å²) < 4.78 is 0. The zero-order chi connectivity index (χ0) is 15.5. The zero-order valence-corrected chi connectivity index (χ0v) is 13.3. The lowest BCUT2D eigenvalue weighted by Gasteiger charge is -2.26. The van der Waals surface area contributed by atoms with Crippen LogP contribution in [0.2, 0.25) is 0 Å². The monoisotopic (exact) mass is 308 g/mol. The molecule has 3 fully saturated rings. The first-order valence-electron chi connectivity index (χ1n) is 8.92. The van der Waals surface area contributed by atoms with E-state index in [-0.39, 0.29) is 29.7 Å². The van der Waals surface area contributed by atoms with Gasteiger partial charge in [-0.05, 0) is 38.5 Å². The molecule has 0 aromatic heterocycles. The molecule has 2 saturated carbocycles. The summed E-state index contributed by atoms with van der Waals surface area (Å²) in [4.78, 5) is 26.7. The molecule has 0 radical (unpaired) electrons. The molecule has 2 amide bonds. The van der Waals surface area contributed by atoms with E-state index in [1.54, 1.807) is 0 Å². The van der Waals surface area contributed by atoms with Gasteiger partial charge in [0.25, 0.3) is 0 Å². The normalized spacial score (nSPS) is 33.1. The lowest BCUT2D eigenvalue weighted by Crippen LogP contribution is -2.43. The first-order valence-corrected chi connectivity index (χ1v) is 8.92. The van der Waals surface area contributed by atoms with Gasteiger partial charge in [-0.3, -0.25) is 9.59 Å². The fraction of sp³-hybridized carbons (Fsp3) is 0.882. The van der Waals surface area contributed by atoms with E-state index in [2.05, 4.69) is 5.32 Å². The van der Waals surface area contributed by atoms with E-state index in [1.807, 2.05) is 4.90 Å². The van der Waals surface area contributed by atoms with Crippen LogP contribution < -0.4 is 5.32 Å². The van der Waals surface area contributed by atoms with Gasteiger partial charge in [-0.1, -0.05) is 19.3 Å². The molecule has 2 aliphatic carbocycles. The second kappa shape index (κ2) is 6.99. The molecule has 1 saturated heterocycles. The molecule has 1 heterocycles. The molecule has 3 unspecified atom stereocenters. The molecule has 5 heteroatoms. The Bertz CT molecular complexity index is 420. The topological polar surface area (TPSA) is 69.6 Å². The quantitative estimate of drug-likeness (QED) is 0.829. The number of likely N-dealkylation sites (tertiary alicyclic amines) is 1. The smallest absolute Gasteiger partial charge is 0.226 e. The molecule has 124 valence electrons. The van der Waals surface area contributed by atoms with E-state index >= 15 is 0 Å². The number of hydrogen-bond donors (Lipinski definition) is 2. The Labute approximate surface area is 132 Å². The fourth-order valence-electron chi connectivity index (χ4n) is 4.24. The van der Waals surface area contributed by atoms with E-state index in [0.29, 0.717) is 6.54 Å². The molecule has 0 aromatic carbocycles. The van der Waals surface area contributed by atoms with Crippen molar-refractivity contribution in [3.63, 3.8) is 0 Å². The molecule has 3 atom stereocenters. The number of carbonyl (C=O) groups excluding carboxylic acids is 2. The van der Waals surface area contributed by atoms with Crippen LogP contribution in [0.15, 0.2) is 0 Å². The summed E-state index contributed by atoms with van der Waals surface area (Å²) in [7, 11) is 0. The molecule has 0 spiro atoms. The standard InChI is InChI=1S/C17H28N2O3/c20-15-8-4-7-14(15)16(21)18-13-9-10-19(11-13)17(22)12-5-2-1-3-6-12/h12-15,20H,1-11H2,(H,18,21). The maximum absolute atomic E-state index is 12.5. The number of aliphatic hydroxyl groups excluding tert-OH is 1. The van der Waals surface area contributed by atoms with Gasteiger partial charge in [0.15, 0.2) is 0 Å². The minimum atomic E-state index is -0.485. The Morgan fingerprint density at radius 3 is 2.41 bits per heavy atom. The van der Waals surface area contributed by atoms with Crippen LogP contribution in [-0.2, 0) is 9.59 Å². The number of nitrogens with zero attached hydrogens (tertiary/aromatic N) is 1. The fourth-order valence-corrected chi connectivity index (χ4v) is 4.24. The van der Waals surface area contributed by atoms with E-state index < -0.39 is 6.10 Å². The molecular weight excluding hydrogens is 280 g/mol. The van der Waals surface area contributed by atoms with Crippen LogP contribution in [0, 0.1) is 11.8 Å². The van der Waals surface area contributed by atoms with Crippen LogP contribution in [0.1, 0.15) is 57.8 Å². The van der Waals surface area contributed by atoms with E-state index in [1.165, 1.54) is 19.3 Å². The van der Waals surface area contributed by atoms with Crippen molar-refractivity contribution < 1.29 is 14.7 Å². The van der Waals surface area contributed by atoms with Crippen LogP contribution in [0.4, 0.5) is 0 Å². The summed E-state index contributed by atoms with van der Waals surface area (Å²) in [5.74, 6) is 0.224. The number of carbonyl (C=O) groups is 2. The Hall–Kier alpha value is -1.10. The molecule has 1 aliphatic heterocycles. The van der Waals surface area contributed by atoms with Gasteiger partial charge in [0, 0.05) is 25.0 Å². The molecule has 0 aromatic rings. The van der Waals surface area contributed by atoms with Gasteiger partial charge < -0.3 is 15.3 Å². The summed E-state index contributed by atoms with van der Waals surface area (Å²) >= 11 is 0. The summed E-state index contributed by atoms with van der Waals surface area (Å²) in [5, 5.41) is 12.9. The van der Waals surface area contributed by atoms with Crippen molar-refractivity contribution in [2.24, 2.45) is 11.8 Å². The molecule has 2 N–H and O–H groups in total. The van der Waals surface area contributed by atoms with Crippen molar-refractivity contribution in [3.8, 4) is 0 Å². The highest BCUT2D eigenvalue weighted by Crippen LogP contribution is 2.28. The molecule has 22 heavy (non-hydrogen) atoms. The predicted octanol–water partition coefficient (Wildman–Crippen LogP) is 1.44. The molecule has 5 nitrogen and oxygen atoms in total. The van der Waals surface area contributed by atoms with Crippen molar-refractivity contribution >= 4 is 11.8 Å². The first-order chi connectivity index (χ1) is 10.6. The highest BCUT2D eigenvalue weighted by atomic mass is 16.3. The van der Waals surface area contributed by atoms with Crippen molar-refractivity contribution in [2.45, 2.75) is 69.9 Å². The van der Waals surface area contributed by atoms with Crippen LogP contribution >= 0.6 is 0 Å². The number of nitrogens with one attached hydrogen (secondary N) is 1. The van der Waals surface area contributed by atoms with Gasteiger partial charge >= 0.3 is 0 Å². The number of hydrogen-bond acceptors (Lipinski definition) is 3. The van der Waals surface area contributed by atoms with Gasteiger partial charge in [-0.2, -0.15) is 0 Å². The molecule has 0 bridgehead atoms. The average molecular weight is 308 g/mol. The van der Waals surface area contributed by atoms with E-state index in [9.17, 15) is 14.7 Å². The first kappa shape index (κ1) is 15.8. The average Bonchev–Trinajstić information content (AvgIpc) is 3.16. The maximum atomic E-state index is 12.5. The van der Waals surface area contributed by atoms with Crippen molar-refractivity contribution in [1.82, 2.24) is 10.2 Å². The summed E-state index contributed by atoms with van der Waals surface area (Å²) in [5.41, 5.74) is 0. The van der Waals surface area contributed by atoms with Crippen LogP contribution in [0.25, 0.3) is 0 Å². The summed E-state index contributed by atoms with van der Waals surface area (Å²) in [6.45, 7) is 1.40. The third kappa shape index (κ3) is 3.45. The molecular formula is C17H28N2O3. The molecule has 3 aliphatic rings. The molecule has 3 rings (SSSR count). The van der Waals surface area contributed by atoms with E-state index in [4.69, 9.17) is 0 Å². The van der Waals surface area contributed by atoms with Crippen molar-refractivity contribution in [2.75, 3.05) is 13.1 Å². The highest BCUT2D eigenvalue weighted by Gasteiger charge is 2.35. The lowest BCUT2D eigenvalue weighted by atomic mass is 9.88. The Morgan fingerprint density at radius 1 is 0.955 bits per heavy atom. The van der Waals surface area contributed by atoms with Gasteiger partial charge in [0.1, 0.15) is 0 Å². The zero-order valence-electron chi connectivity index (χ0n) is 13.3. The second-order valence-corrected chi connectivity index (χ2v) is 7.22. The minimum Gasteiger partial charge on any atom is -0.392 e. The number of aliphatic hydroxyl groups is 1. The third-order valence-electron chi connectivity index (χ3n) is 5.62. The third-order valence-corrected chi connectivity index (χ3v) is 5.62. The van der Waals surface area contributed by atoms with Crippen molar-refractivity contribution in [1.29, 1.82) is 0 Å². The number of amides is 2. The maximum Gasteiger partial charge on any atom is 0.226 e. The summed E-state index contributed by atoms with van der Waals surface area (Å²) in [6, 6.07) is 0.0628. The van der Waals surface area contributed by atoms with Crippen LogP contribution in [-0.4, -0.2) is 47.1 Å². The van der Waals surface area contributed by atoms with Gasteiger partial charge in [-0.15, -0.1) is 0 Å². The summed E-state index contributed by atoms with van der Waals surface area (Å²) in [6.07, 6.45) is 8.45. The number of rotatable bonds is 3. The minimum absolute atomic E-state index is 0.0260. The second-order valence-electron chi connectivity index (χ2n) is 7.22. The SMILES string of the molecule is O=C(NC1CCN(C(=O)C2CCCCC2)C1)C1CCCC1O. The van der Waals surface area contributed by atoms with Gasteiger partial charge in [0.05, 0.1) is 12.0 Å². The van der Waals surface area contributed by atoms with Gasteiger partial charge in [-0.25, -0.2) is 0 Å².